The summed E-state index contributed by atoms with van der Waals surface area (Å²) in [6.45, 7) is 0. The van der Waals surface area contributed by atoms with E-state index in [1.54, 1.807) is 29.2 Å². The molecule has 0 saturated carbocycles. The maximum atomic E-state index is 11.1. The normalized spacial score (nSPS) is 13.1. The van der Waals surface area contributed by atoms with Crippen molar-refractivity contribution in [2.45, 2.75) is 9.79 Å². The van der Waals surface area contributed by atoms with Gasteiger partial charge in [0, 0.05) is 36.0 Å². The maximum absolute atomic E-state index is 11.1. The van der Waals surface area contributed by atoms with Gasteiger partial charge < -0.3 is 10.0 Å². The number of nitrogens with zero attached hydrogens (tertiary/aromatic N) is 2. The largest absolute Gasteiger partial charge is 0.477 e. The van der Waals surface area contributed by atoms with Gasteiger partial charge in [-0.15, -0.1) is 22.7 Å². The number of carboxylic acid groups (broad SMARTS) is 1. The van der Waals surface area contributed by atoms with Gasteiger partial charge in [-0.25, -0.2) is 4.79 Å². The Balaban J connectivity index is 1.49. The Bertz CT molecular complexity index is 1360. The van der Waals surface area contributed by atoms with Gasteiger partial charge >= 0.3 is 5.97 Å². The molecule has 30 heavy (non-hydrogen) atoms. The van der Waals surface area contributed by atoms with Crippen LogP contribution >= 0.6 is 34.4 Å². The number of anilines is 2. The Morgan fingerprint density at radius 1 is 1.03 bits per heavy atom. The van der Waals surface area contributed by atoms with E-state index in [0.29, 0.717) is 0 Å². The minimum Gasteiger partial charge on any atom is -0.477 e. The number of nitriles is 1. The lowest BCUT2D eigenvalue weighted by molar-refractivity contribution is -0.132. The molecule has 0 radical (unpaired) electrons. The summed E-state index contributed by atoms with van der Waals surface area (Å²) >= 11 is 4.97. The third kappa shape index (κ3) is 3.19. The lowest BCUT2D eigenvalue weighted by Gasteiger charge is -2.29. The molecule has 4 aromatic rings. The van der Waals surface area contributed by atoms with E-state index in [4.69, 9.17) is 10.4 Å². The monoisotopic (exact) mass is 446 g/mol. The van der Waals surface area contributed by atoms with Crippen molar-refractivity contribution in [1.29, 1.82) is 5.26 Å². The van der Waals surface area contributed by atoms with Crippen LogP contribution in [0.5, 0.6) is 0 Å². The first-order chi connectivity index (χ1) is 14.5. The molecule has 0 aliphatic carbocycles. The number of thiophene rings is 2. The number of fused-ring (bicyclic) bond motifs is 3. The van der Waals surface area contributed by atoms with Crippen molar-refractivity contribution in [2.75, 3.05) is 11.9 Å². The van der Waals surface area contributed by atoms with Crippen LogP contribution in [0.25, 0.3) is 25.9 Å². The lowest BCUT2D eigenvalue weighted by Crippen LogP contribution is -2.14. The van der Waals surface area contributed by atoms with E-state index >= 15 is 0 Å². The van der Waals surface area contributed by atoms with Gasteiger partial charge in [0.25, 0.3) is 0 Å². The van der Waals surface area contributed by atoms with Crippen LogP contribution in [0.4, 0.5) is 11.4 Å². The summed E-state index contributed by atoms with van der Waals surface area (Å²) in [6.07, 6.45) is 1.43. The number of aliphatic carboxylic acids is 1. The highest BCUT2D eigenvalue weighted by Gasteiger charge is 2.21. The minimum absolute atomic E-state index is 0.250. The molecule has 1 aliphatic heterocycles. The molecule has 0 atom stereocenters. The smallest absolute Gasteiger partial charge is 0.346 e. The molecule has 7 heteroatoms. The van der Waals surface area contributed by atoms with Crippen molar-refractivity contribution in [3.63, 3.8) is 0 Å². The van der Waals surface area contributed by atoms with Crippen molar-refractivity contribution >= 4 is 67.3 Å². The van der Waals surface area contributed by atoms with Crippen molar-refractivity contribution in [1.82, 2.24) is 0 Å². The summed E-state index contributed by atoms with van der Waals surface area (Å²) in [4.78, 5) is 17.7. The highest BCUT2D eigenvalue weighted by atomic mass is 32.2. The average molecular weight is 447 g/mol. The summed E-state index contributed by atoms with van der Waals surface area (Å²) in [6, 6.07) is 20.8. The second-order valence-corrected chi connectivity index (χ2v) is 10.1. The van der Waals surface area contributed by atoms with Crippen LogP contribution in [0, 0.1) is 11.3 Å². The highest BCUT2D eigenvalue weighted by molar-refractivity contribution is 7.99. The van der Waals surface area contributed by atoms with E-state index in [2.05, 4.69) is 60.5 Å². The zero-order valence-corrected chi connectivity index (χ0v) is 18.2. The maximum Gasteiger partial charge on any atom is 0.346 e. The molecule has 0 unspecified atom stereocenters. The predicted molar refractivity (Wildman–Crippen MR) is 125 cm³/mol. The number of rotatable bonds is 3. The van der Waals surface area contributed by atoms with E-state index in [1.165, 1.54) is 49.0 Å². The Morgan fingerprint density at radius 3 is 2.57 bits per heavy atom. The molecular weight excluding hydrogens is 432 g/mol. The molecule has 2 aromatic heterocycles. The molecule has 3 heterocycles. The number of carboxylic acids is 1. The second kappa shape index (κ2) is 7.33. The number of hydrogen-bond donors (Lipinski definition) is 1. The average Bonchev–Trinajstić information content (AvgIpc) is 3.30. The lowest BCUT2D eigenvalue weighted by atomic mass is 10.1. The van der Waals surface area contributed by atoms with E-state index in [9.17, 15) is 4.79 Å². The van der Waals surface area contributed by atoms with Gasteiger partial charge in [-0.1, -0.05) is 30.0 Å². The van der Waals surface area contributed by atoms with Crippen LogP contribution in [0.1, 0.15) is 4.88 Å². The second-order valence-electron chi connectivity index (χ2n) is 6.77. The Labute approximate surface area is 185 Å². The fourth-order valence-electron chi connectivity index (χ4n) is 3.45. The van der Waals surface area contributed by atoms with E-state index in [-0.39, 0.29) is 5.57 Å². The topological polar surface area (TPSA) is 64.3 Å². The summed E-state index contributed by atoms with van der Waals surface area (Å²) in [5, 5.41) is 18.0. The van der Waals surface area contributed by atoms with Crippen molar-refractivity contribution in [2.24, 2.45) is 0 Å². The molecule has 0 spiro atoms. The van der Waals surface area contributed by atoms with Crippen LogP contribution in [-0.2, 0) is 4.79 Å². The molecule has 0 amide bonds. The van der Waals surface area contributed by atoms with Gasteiger partial charge in [-0.3, -0.25) is 0 Å². The molecule has 146 valence electrons. The van der Waals surface area contributed by atoms with E-state index in [0.717, 1.165) is 14.3 Å². The van der Waals surface area contributed by atoms with E-state index in [1.807, 2.05) is 6.07 Å². The molecule has 1 aliphatic rings. The number of benzene rings is 2. The standard InChI is InChI=1S/C23H14N2O2S3/c1-25-16-4-2-3-5-18(16)29-20-9-13(6-7-17(20)25)19-11-22-21(30-19)10-15(28-22)8-14(12-24)23(26)27/h2-11H,1H3,(H,26,27)/b14-8+. The van der Waals surface area contributed by atoms with Crippen LogP contribution in [-0.4, -0.2) is 18.1 Å². The number of carbonyl (C=O) groups is 1. The molecule has 2 aromatic carbocycles. The Hall–Kier alpha value is -3.05. The first-order valence-corrected chi connectivity index (χ1v) is 11.5. The third-order valence-electron chi connectivity index (χ3n) is 4.92. The van der Waals surface area contributed by atoms with Gasteiger partial charge in [-0.2, -0.15) is 5.26 Å². The molecule has 0 saturated heterocycles. The number of hydrogen-bond acceptors (Lipinski definition) is 6. The quantitative estimate of drug-likeness (QED) is 0.275. The summed E-state index contributed by atoms with van der Waals surface area (Å²) in [5.41, 5.74) is 3.34. The molecule has 0 bridgehead atoms. The molecular formula is C23H14N2O2S3. The highest BCUT2D eigenvalue weighted by Crippen LogP contribution is 2.49. The number of para-hydroxylation sites is 1. The van der Waals surface area contributed by atoms with Crippen molar-refractivity contribution in [3.05, 3.63) is 65.0 Å². The minimum atomic E-state index is -1.20. The van der Waals surface area contributed by atoms with Gasteiger partial charge in [0.1, 0.15) is 11.6 Å². The fourth-order valence-corrected chi connectivity index (χ4v) is 6.98. The summed E-state index contributed by atoms with van der Waals surface area (Å²) in [7, 11) is 2.10. The first-order valence-electron chi connectivity index (χ1n) is 9.07. The van der Waals surface area contributed by atoms with Gasteiger partial charge in [0.05, 0.1) is 11.4 Å². The molecule has 0 fully saturated rings. The SMILES string of the molecule is CN1c2ccccc2Sc2cc(-c3cc4sc(/C=C(\C#N)C(=O)O)cc4s3)ccc21. The van der Waals surface area contributed by atoms with Crippen LogP contribution in [0.2, 0.25) is 0 Å². The predicted octanol–water partition coefficient (Wildman–Crippen LogP) is 6.85. The molecule has 5 rings (SSSR count). The zero-order valence-electron chi connectivity index (χ0n) is 15.7. The van der Waals surface area contributed by atoms with Gasteiger partial charge in [0.15, 0.2) is 0 Å². The summed E-state index contributed by atoms with van der Waals surface area (Å²) in [5.74, 6) is -1.20. The zero-order chi connectivity index (χ0) is 20.8. The van der Waals surface area contributed by atoms with E-state index < -0.39 is 5.97 Å². The third-order valence-corrected chi connectivity index (χ3v) is 8.32. The van der Waals surface area contributed by atoms with Crippen molar-refractivity contribution < 1.29 is 9.90 Å². The Morgan fingerprint density at radius 2 is 1.80 bits per heavy atom. The molecule has 4 nitrogen and oxygen atoms in total. The first kappa shape index (κ1) is 18.9. The van der Waals surface area contributed by atoms with Crippen LogP contribution in [0.15, 0.2) is 70.0 Å². The van der Waals surface area contributed by atoms with Gasteiger partial charge in [0.2, 0.25) is 0 Å². The Kier molecular flexibility index (Phi) is 4.63. The summed E-state index contributed by atoms with van der Waals surface area (Å²) < 4.78 is 2.19. The molecule has 1 N–H and O–H groups in total. The van der Waals surface area contributed by atoms with Crippen LogP contribution in [0.3, 0.4) is 0 Å². The van der Waals surface area contributed by atoms with Crippen molar-refractivity contribution in [3.8, 4) is 16.5 Å². The van der Waals surface area contributed by atoms with Crippen LogP contribution < -0.4 is 4.90 Å². The van der Waals surface area contributed by atoms with Gasteiger partial charge in [-0.05, 0) is 48.0 Å². The fraction of sp³-hybridized carbons (Fsp3) is 0.0435.